The van der Waals surface area contributed by atoms with Crippen LogP contribution in [0.5, 0.6) is 5.75 Å². The zero-order chi connectivity index (χ0) is 23.5. The van der Waals surface area contributed by atoms with Crippen molar-refractivity contribution >= 4 is 11.7 Å². The summed E-state index contributed by atoms with van der Waals surface area (Å²) in [4.78, 5) is 12.5. The van der Waals surface area contributed by atoms with E-state index in [-0.39, 0.29) is 40.7 Å². The molecule has 7 nitrogen and oxygen atoms in total. The Hall–Kier alpha value is -3.46. The zero-order valence-electron chi connectivity index (χ0n) is 18.2. The van der Waals surface area contributed by atoms with Gasteiger partial charge in [0.2, 0.25) is 0 Å². The Morgan fingerprint density at radius 3 is 2.67 bits per heavy atom. The standard InChI is InChI=1S/C24H26F2N4O3/c1-33-19-9-5-4-8-16(19)24(32)28-12-14-10-11-17(21(26)20(14)25)22-18(13-31)23(27)30(29-22)15-6-2-3-7-15/h4-5,8-11,13,15,22,27,29,31H,2-3,6-7,12H2,1H3,(H,28,32). The number of rotatable bonds is 6. The van der Waals surface area contributed by atoms with Gasteiger partial charge in [-0.2, -0.15) is 0 Å². The van der Waals surface area contributed by atoms with Crippen molar-refractivity contribution < 1.29 is 23.4 Å². The van der Waals surface area contributed by atoms with Crippen molar-refractivity contribution in [1.82, 2.24) is 15.8 Å². The number of aliphatic hydroxyl groups excluding tert-OH is 1. The monoisotopic (exact) mass is 456 g/mol. The van der Waals surface area contributed by atoms with E-state index in [1.165, 1.54) is 19.2 Å². The first-order valence-electron chi connectivity index (χ1n) is 10.8. The molecular weight excluding hydrogens is 430 g/mol. The Kier molecular flexibility index (Phi) is 6.60. The minimum Gasteiger partial charge on any atom is -0.515 e. The number of nitrogens with one attached hydrogen (secondary N) is 3. The molecule has 1 aliphatic carbocycles. The van der Waals surface area contributed by atoms with E-state index in [0.717, 1.165) is 31.9 Å². The summed E-state index contributed by atoms with van der Waals surface area (Å²) in [5.74, 6) is -2.21. The molecule has 4 N–H and O–H groups in total. The molecule has 0 spiro atoms. The Morgan fingerprint density at radius 1 is 1.24 bits per heavy atom. The maximum atomic E-state index is 15.1. The number of nitrogens with zero attached hydrogens (tertiary/aromatic N) is 1. The normalized spacial score (nSPS) is 20.0. The quantitative estimate of drug-likeness (QED) is 0.490. The molecule has 1 atom stereocenters. The predicted octanol–water partition coefficient (Wildman–Crippen LogP) is 4.13. The van der Waals surface area contributed by atoms with Gasteiger partial charge in [-0.1, -0.05) is 37.1 Å². The first kappa shape index (κ1) is 22.7. The summed E-state index contributed by atoms with van der Waals surface area (Å²) < 4.78 is 35.1. The molecule has 0 bridgehead atoms. The lowest BCUT2D eigenvalue weighted by Crippen LogP contribution is -2.42. The van der Waals surface area contributed by atoms with E-state index in [2.05, 4.69) is 10.7 Å². The van der Waals surface area contributed by atoms with Crippen molar-refractivity contribution in [3.63, 3.8) is 0 Å². The number of methoxy groups -OCH3 is 1. The molecular formula is C24H26F2N4O3. The molecule has 174 valence electrons. The summed E-state index contributed by atoms with van der Waals surface area (Å²) in [6, 6.07) is 8.63. The molecule has 1 aliphatic heterocycles. The first-order chi connectivity index (χ1) is 16.0. The smallest absolute Gasteiger partial charge is 0.255 e. The number of hydrogen-bond donors (Lipinski definition) is 4. The van der Waals surface area contributed by atoms with E-state index < -0.39 is 23.6 Å². The number of carbonyl (C=O) groups excluding carboxylic acids is 1. The molecule has 2 aromatic rings. The van der Waals surface area contributed by atoms with Gasteiger partial charge < -0.3 is 15.2 Å². The molecule has 2 aliphatic rings. The maximum Gasteiger partial charge on any atom is 0.255 e. The van der Waals surface area contributed by atoms with Gasteiger partial charge in [-0.05, 0) is 25.0 Å². The third-order valence-corrected chi connectivity index (χ3v) is 6.22. The number of ether oxygens (including phenoxy) is 1. The van der Waals surface area contributed by atoms with Crippen LogP contribution >= 0.6 is 0 Å². The molecule has 4 rings (SSSR count). The lowest BCUT2D eigenvalue weighted by Gasteiger charge is -2.25. The minimum atomic E-state index is -1.09. The van der Waals surface area contributed by atoms with Crippen LogP contribution in [0.2, 0.25) is 0 Å². The van der Waals surface area contributed by atoms with Crippen molar-refractivity contribution in [3.05, 3.63) is 76.6 Å². The van der Waals surface area contributed by atoms with Crippen LogP contribution in [-0.2, 0) is 6.54 Å². The lowest BCUT2D eigenvalue weighted by molar-refractivity contribution is 0.0947. The van der Waals surface area contributed by atoms with Gasteiger partial charge in [0, 0.05) is 23.7 Å². The fraction of sp³-hybridized carbons (Fsp3) is 0.333. The summed E-state index contributed by atoms with van der Waals surface area (Å²) in [6.45, 7) is -0.218. The van der Waals surface area contributed by atoms with Crippen LogP contribution in [0.15, 0.2) is 48.2 Å². The van der Waals surface area contributed by atoms with Gasteiger partial charge in [0.25, 0.3) is 5.91 Å². The number of hydrazine groups is 1. The van der Waals surface area contributed by atoms with Gasteiger partial charge in [-0.15, -0.1) is 0 Å². The molecule has 1 heterocycles. The number of carbonyl (C=O) groups is 1. The third kappa shape index (κ3) is 4.28. The molecule has 33 heavy (non-hydrogen) atoms. The highest BCUT2D eigenvalue weighted by atomic mass is 19.2. The van der Waals surface area contributed by atoms with Crippen molar-refractivity contribution in [1.29, 1.82) is 5.41 Å². The summed E-state index contributed by atoms with van der Waals surface area (Å²) in [6.07, 6.45) is 4.63. The molecule has 1 amide bonds. The van der Waals surface area contributed by atoms with E-state index in [9.17, 15) is 14.3 Å². The van der Waals surface area contributed by atoms with E-state index in [1.807, 2.05) is 0 Å². The van der Waals surface area contributed by atoms with Gasteiger partial charge in [0.15, 0.2) is 11.6 Å². The second-order valence-electron chi connectivity index (χ2n) is 8.13. The Morgan fingerprint density at radius 2 is 1.97 bits per heavy atom. The lowest BCUT2D eigenvalue weighted by atomic mass is 9.98. The fourth-order valence-electron chi connectivity index (χ4n) is 4.44. The molecule has 0 radical (unpaired) electrons. The Bertz CT molecular complexity index is 1100. The highest BCUT2D eigenvalue weighted by Gasteiger charge is 2.39. The topological polar surface area (TPSA) is 97.7 Å². The summed E-state index contributed by atoms with van der Waals surface area (Å²) >= 11 is 0. The van der Waals surface area contributed by atoms with Gasteiger partial charge >= 0.3 is 0 Å². The second kappa shape index (κ2) is 9.58. The van der Waals surface area contributed by atoms with E-state index in [1.54, 1.807) is 29.3 Å². The minimum absolute atomic E-state index is 0.0159. The van der Waals surface area contributed by atoms with E-state index in [4.69, 9.17) is 10.1 Å². The van der Waals surface area contributed by atoms with Gasteiger partial charge in [-0.25, -0.2) is 14.2 Å². The fourth-order valence-corrected chi connectivity index (χ4v) is 4.44. The van der Waals surface area contributed by atoms with Gasteiger partial charge in [0.1, 0.15) is 11.6 Å². The van der Waals surface area contributed by atoms with Crippen LogP contribution in [0.3, 0.4) is 0 Å². The summed E-state index contributed by atoms with van der Waals surface area (Å²) in [7, 11) is 1.44. The maximum absolute atomic E-state index is 15.1. The molecule has 1 saturated heterocycles. The largest absolute Gasteiger partial charge is 0.515 e. The highest BCUT2D eigenvalue weighted by molar-refractivity contribution is 5.99. The molecule has 1 unspecified atom stereocenters. The SMILES string of the molecule is COc1ccccc1C(=O)NCc1ccc(C2NN(C3CCCC3)C(=N)C2=CO)c(F)c1F. The van der Waals surface area contributed by atoms with Crippen molar-refractivity contribution in [3.8, 4) is 5.75 Å². The van der Waals surface area contributed by atoms with Crippen LogP contribution in [0.1, 0.15) is 53.2 Å². The van der Waals surface area contributed by atoms with Crippen molar-refractivity contribution in [2.45, 2.75) is 44.3 Å². The number of halogens is 2. The zero-order valence-corrected chi connectivity index (χ0v) is 18.2. The molecule has 2 fully saturated rings. The summed E-state index contributed by atoms with van der Waals surface area (Å²) in [5, 5.41) is 22.3. The molecule has 2 aromatic carbocycles. The van der Waals surface area contributed by atoms with Crippen molar-refractivity contribution in [2.24, 2.45) is 0 Å². The summed E-state index contributed by atoms with van der Waals surface area (Å²) in [5.41, 5.74) is 3.49. The highest BCUT2D eigenvalue weighted by Crippen LogP contribution is 2.36. The number of benzene rings is 2. The molecule has 9 heteroatoms. The third-order valence-electron chi connectivity index (χ3n) is 6.22. The number of hydrogen-bond acceptors (Lipinski definition) is 5. The van der Waals surface area contributed by atoms with Crippen molar-refractivity contribution in [2.75, 3.05) is 7.11 Å². The number of para-hydroxylation sites is 1. The van der Waals surface area contributed by atoms with Crippen LogP contribution in [0.4, 0.5) is 8.78 Å². The number of aliphatic hydroxyl groups is 1. The molecule has 0 aromatic heterocycles. The number of amidine groups is 1. The first-order valence-corrected chi connectivity index (χ1v) is 10.8. The Labute approximate surface area is 190 Å². The van der Waals surface area contributed by atoms with Crippen LogP contribution in [0, 0.1) is 17.0 Å². The van der Waals surface area contributed by atoms with Gasteiger partial charge in [-0.3, -0.25) is 15.2 Å². The van der Waals surface area contributed by atoms with Crippen LogP contribution in [0.25, 0.3) is 0 Å². The average Bonchev–Trinajstić information content (AvgIpc) is 3.47. The van der Waals surface area contributed by atoms with Crippen LogP contribution in [-0.4, -0.2) is 35.0 Å². The van der Waals surface area contributed by atoms with Gasteiger partial charge in [0.05, 0.1) is 30.6 Å². The second-order valence-corrected chi connectivity index (χ2v) is 8.13. The van der Waals surface area contributed by atoms with E-state index in [0.29, 0.717) is 5.75 Å². The Balaban J connectivity index is 1.52. The number of amides is 1. The van der Waals surface area contributed by atoms with Crippen LogP contribution < -0.4 is 15.5 Å². The average molecular weight is 456 g/mol. The van der Waals surface area contributed by atoms with E-state index >= 15 is 4.39 Å². The predicted molar refractivity (Wildman–Crippen MR) is 119 cm³/mol. The molecule has 1 saturated carbocycles.